The van der Waals surface area contributed by atoms with Crippen LogP contribution in [0, 0.1) is 10.1 Å². The van der Waals surface area contributed by atoms with Gasteiger partial charge in [-0.15, -0.1) is 0 Å². The maximum atomic E-state index is 12.7. The Morgan fingerprint density at radius 3 is 2.71 bits per heavy atom. The van der Waals surface area contributed by atoms with E-state index in [1.165, 1.54) is 18.2 Å². The predicted molar refractivity (Wildman–Crippen MR) is 128 cm³/mol. The molecule has 1 aliphatic heterocycles. The number of hydrogen-bond acceptors (Lipinski definition) is 6. The van der Waals surface area contributed by atoms with Gasteiger partial charge in [-0.3, -0.25) is 19.7 Å². The average molecular weight is 495 g/mol. The first-order valence-electron chi connectivity index (χ1n) is 10.5. The molecule has 2 N–H and O–H groups in total. The van der Waals surface area contributed by atoms with E-state index in [1.807, 2.05) is 19.1 Å². The number of nitro groups is 1. The van der Waals surface area contributed by atoms with E-state index in [1.54, 1.807) is 30.3 Å². The summed E-state index contributed by atoms with van der Waals surface area (Å²) in [6, 6.07) is 13.9. The average Bonchev–Trinajstić information content (AvgIpc) is 3.40. The molecule has 3 aromatic rings. The SMILES string of the molecule is CCc1ccccc1NC(=O)CN1C(=O)N/C(=C\c2ccc(-c3ccc(Cl)c([N+](=O)[O-])c3)o2)C1=O. The van der Waals surface area contributed by atoms with Crippen LogP contribution in [0.4, 0.5) is 16.2 Å². The number of anilines is 1. The third kappa shape index (κ3) is 5.07. The second kappa shape index (κ2) is 9.82. The summed E-state index contributed by atoms with van der Waals surface area (Å²) in [6.07, 6.45) is 2.03. The first-order chi connectivity index (χ1) is 16.8. The number of carbonyl (C=O) groups is 3. The Hall–Kier alpha value is -4.44. The molecule has 0 unspecified atom stereocenters. The number of nitrogens with one attached hydrogen (secondary N) is 2. The lowest BCUT2D eigenvalue weighted by molar-refractivity contribution is -0.384. The molecule has 0 bridgehead atoms. The zero-order chi connectivity index (χ0) is 25.1. The van der Waals surface area contributed by atoms with Crippen LogP contribution in [0.15, 0.2) is 64.7 Å². The number of rotatable bonds is 7. The van der Waals surface area contributed by atoms with Crippen molar-refractivity contribution in [1.29, 1.82) is 0 Å². The van der Waals surface area contributed by atoms with Crippen LogP contribution in [0.1, 0.15) is 18.2 Å². The van der Waals surface area contributed by atoms with Gasteiger partial charge in [0.25, 0.3) is 11.6 Å². The van der Waals surface area contributed by atoms with Crippen molar-refractivity contribution in [3.05, 3.63) is 86.8 Å². The minimum Gasteiger partial charge on any atom is -0.457 e. The van der Waals surface area contributed by atoms with Gasteiger partial charge in [0.2, 0.25) is 5.91 Å². The summed E-state index contributed by atoms with van der Waals surface area (Å²) >= 11 is 5.84. The van der Waals surface area contributed by atoms with Crippen LogP contribution in [0.25, 0.3) is 17.4 Å². The molecule has 0 saturated carbocycles. The van der Waals surface area contributed by atoms with E-state index in [2.05, 4.69) is 10.6 Å². The second-order valence-corrected chi connectivity index (χ2v) is 7.97. The van der Waals surface area contributed by atoms with Crippen molar-refractivity contribution < 1.29 is 23.7 Å². The molecule has 1 fully saturated rings. The molecular weight excluding hydrogens is 476 g/mol. The molecule has 4 rings (SSSR count). The molecule has 1 saturated heterocycles. The van der Waals surface area contributed by atoms with Gasteiger partial charge in [-0.2, -0.15) is 0 Å². The number of para-hydroxylation sites is 1. The maximum Gasteiger partial charge on any atom is 0.329 e. The van der Waals surface area contributed by atoms with Crippen LogP contribution in [0.3, 0.4) is 0 Å². The zero-order valence-electron chi connectivity index (χ0n) is 18.4. The molecule has 0 aliphatic carbocycles. The van der Waals surface area contributed by atoms with Gasteiger partial charge in [-0.1, -0.05) is 36.7 Å². The molecule has 2 aromatic carbocycles. The van der Waals surface area contributed by atoms with Gasteiger partial charge in [-0.05, 0) is 42.3 Å². The van der Waals surface area contributed by atoms with Gasteiger partial charge in [0.15, 0.2) is 0 Å². The van der Waals surface area contributed by atoms with Gasteiger partial charge in [0.1, 0.15) is 28.8 Å². The number of aryl methyl sites for hydroxylation is 1. The molecule has 0 spiro atoms. The Bertz CT molecular complexity index is 1380. The fraction of sp³-hybridized carbons (Fsp3) is 0.125. The molecule has 2 heterocycles. The lowest BCUT2D eigenvalue weighted by Gasteiger charge is -2.13. The van der Waals surface area contributed by atoms with Crippen LogP contribution in [0.5, 0.6) is 0 Å². The minimum atomic E-state index is -0.736. The third-order valence-corrected chi connectivity index (χ3v) is 5.60. The minimum absolute atomic E-state index is 0.00535. The number of amides is 4. The number of hydrogen-bond donors (Lipinski definition) is 2. The normalized spacial score (nSPS) is 14.3. The number of urea groups is 1. The molecule has 178 valence electrons. The summed E-state index contributed by atoms with van der Waals surface area (Å²) in [4.78, 5) is 48.8. The fourth-order valence-electron chi connectivity index (χ4n) is 3.53. The standard InChI is InChI=1S/C24H19ClN4O6/c1-2-14-5-3-4-6-18(14)26-22(30)13-28-23(31)19(27-24(28)32)12-16-8-10-21(35-16)15-7-9-17(25)20(11-15)29(33)34/h3-12H,2,13H2,1H3,(H,26,30)(H,27,32)/b19-12-. The van der Waals surface area contributed by atoms with Crippen LogP contribution in [-0.4, -0.2) is 34.2 Å². The Kier molecular flexibility index (Phi) is 6.65. The molecule has 1 aromatic heterocycles. The number of halogens is 1. The van der Waals surface area contributed by atoms with Gasteiger partial charge in [0.05, 0.1) is 4.92 Å². The Balaban J connectivity index is 1.48. The van der Waals surface area contributed by atoms with Crippen LogP contribution < -0.4 is 10.6 Å². The van der Waals surface area contributed by atoms with E-state index in [0.717, 1.165) is 10.5 Å². The van der Waals surface area contributed by atoms with Crippen molar-refractivity contribution in [2.45, 2.75) is 13.3 Å². The number of furan rings is 1. The molecule has 35 heavy (non-hydrogen) atoms. The van der Waals surface area contributed by atoms with E-state index in [-0.39, 0.29) is 22.2 Å². The Labute approximate surface area is 204 Å². The summed E-state index contributed by atoms with van der Waals surface area (Å²) in [7, 11) is 0. The van der Waals surface area contributed by atoms with Gasteiger partial charge < -0.3 is 15.1 Å². The first-order valence-corrected chi connectivity index (χ1v) is 10.9. The van der Waals surface area contributed by atoms with Crippen molar-refractivity contribution >= 4 is 46.9 Å². The van der Waals surface area contributed by atoms with Crippen molar-refractivity contribution in [3.63, 3.8) is 0 Å². The first kappa shape index (κ1) is 23.7. The summed E-state index contributed by atoms with van der Waals surface area (Å²) in [5.74, 6) is -0.669. The third-order valence-electron chi connectivity index (χ3n) is 5.28. The van der Waals surface area contributed by atoms with Crippen molar-refractivity contribution in [1.82, 2.24) is 10.2 Å². The number of nitrogens with zero attached hydrogens (tertiary/aromatic N) is 2. The number of imide groups is 1. The van der Waals surface area contributed by atoms with Crippen LogP contribution in [-0.2, 0) is 16.0 Å². The van der Waals surface area contributed by atoms with Gasteiger partial charge >= 0.3 is 6.03 Å². The molecule has 10 nitrogen and oxygen atoms in total. The maximum absolute atomic E-state index is 12.7. The summed E-state index contributed by atoms with van der Waals surface area (Å²) in [5.41, 5.74) is 1.62. The van der Waals surface area contributed by atoms with E-state index in [4.69, 9.17) is 16.0 Å². The fourth-order valence-corrected chi connectivity index (χ4v) is 3.72. The van der Waals surface area contributed by atoms with E-state index in [0.29, 0.717) is 23.4 Å². The highest BCUT2D eigenvalue weighted by Gasteiger charge is 2.35. The molecule has 11 heteroatoms. The number of nitro benzene ring substituents is 1. The summed E-state index contributed by atoms with van der Waals surface area (Å²) < 4.78 is 5.67. The topological polar surface area (TPSA) is 135 Å². The Morgan fingerprint density at radius 1 is 1.20 bits per heavy atom. The highest BCUT2D eigenvalue weighted by atomic mass is 35.5. The lowest BCUT2D eigenvalue weighted by Crippen LogP contribution is -2.38. The molecule has 1 aliphatic rings. The highest BCUT2D eigenvalue weighted by Crippen LogP contribution is 2.31. The van der Waals surface area contributed by atoms with Gasteiger partial charge in [-0.25, -0.2) is 9.69 Å². The number of benzene rings is 2. The second-order valence-electron chi connectivity index (χ2n) is 7.56. The number of carbonyl (C=O) groups excluding carboxylic acids is 3. The van der Waals surface area contributed by atoms with Crippen LogP contribution >= 0.6 is 11.6 Å². The van der Waals surface area contributed by atoms with Crippen LogP contribution in [0.2, 0.25) is 5.02 Å². The summed E-state index contributed by atoms with van der Waals surface area (Å²) in [6.45, 7) is 1.49. The smallest absolute Gasteiger partial charge is 0.329 e. The molecule has 4 amide bonds. The zero-order valence-corrected chi connectivity index (χ0v) is 19.2. The van der Waals surface area contributed by atoms with Crippen molar-refractivity contribution in [2.24, 2.45) is 0 Å². The largest absolute Gasteiger partial charge is 0.457 e. The Morgan fingerprint density at radius 2 is 1.97 bits per heavy atom. The van der Waals surface area contributed by atoms with Crippen molar-refractivity contribution in [2.75, 3.05) is 11.9 Å². The van der Waals surface area contributed by atoms with E-state index in [9.17, 15) is 24.5 Å². The monoisotopic (exact) mass is 494 g/mol. The molecular formula is C24H19ClN4O6. The molecule has 0 atom stereocenters. The van der Waals surface area contributed by atoms with E-state index >= 15 is 0 Å². The molecule has 0 radical (unpaired) electrons. The summed E-state index contributed by atoms with van der Waals surface area (Å²) in [5, 5.41) is 16.3. The predicted octanol–water partition coefficient (Wildman–Crippen LogP) is 4.60. The van der Waals surface area contributed by atoms with Crippen molar-refractivity contribution in [3.8, 4) is 11.3 Å². The van der Waals surface area contributed by atoms with Gasteiger partial charge in [0, 0.05) is 23.4 Å². The highest BCUT2D eigenvalue weighted by molar-refractivity contribution is 6.32. The van der Waals surface area contributed by atoms with E-state index < -0.39 is 29.3 Å². The quantitative estimate of drug-likeness (QED) is 0.213. The lowest BCUT2D eigenvalue weighted by atomic mass is 10.1.